The van der Waals surface area contributed by atoms with E-state index in [1.54, 1.807) is 0 Å². The van der Waals surface area contributed by atoms with Crippen molar-refractivity contribution >= 4 is 0 Å². The zero-order valence-corrected chi connectivity index (χ0v) is 12.1. The van der Waals surface area contributed by atoms with Crippen molar-refractivity contribution in [2.45, 2.75) is 65.3 Å². The van der Waals surface area contributed by atoms with Crippen LogP contribution in [0, 0.1) is 19.3 Å². The Kier molecular flexibility index (Phi) is 4.11. The van der Waals surface area contributed by atoms with Crippen molar-refractivity contribution in [1.29, 1.82) is 0 Å². The molecular weight excluding hydrogens is 218 g/mol. The number of benzene rings is 1. The molecule has 0 spiro atoms. The van der Waals surface area contributed by atoms with Crippen LogP contribution in [0.3, 0.4) is 0 Å². The SMILES string of the molecule is CCC1(C(N)Cc2ccc(C)c(C)c2)CCCC1. The van der Waals surface area contributed by atoms with Crippen LogP contribution in [0.1, 0.15) is 55.7 Å². The van der Waals surface area contributed by atoms with E-state index in [1.807, 2.05) is 0 Å². The summed E-state index contributed by atoms with van der Waals surface area (Å²) in [6.07, 6.45) is 7.67. The number of hydrogen-bond donors (Lipinski definition) is 1. The van der Waals surface area contributed by atoms with Crippen LogP contribution in [-0.2, 0) is 6.42 Å². The van der Waals surface area contributed by atoms with Gasteiger partial charge in [0.2, 0.25) is 0 Å². The van der Waals surface area contributed by atoms with Crippen LogP contribution in [0.5, 0.6) is 0 Å². The molecule has 1 aliphatic carbocycles. The first-order chi connectivity index (χ1) is 8.57. The van der Waals surface area contributed by atoms with Gasteiger partial charge in [0.1, 0.15) is 0 Å². The molecule has 0 bridgehead atoms. The fraction of sp³-hybridized carbons (Fsp3) is 0.647. The second-order valence-corrected chi connectivity index (χ2v) is 6.15. The van der Waals surface area contributed by atoms with Crippen molar-refractivity contribution in [2.24, 2.45) is 11.1 Å². The van der Waals surface area contributed by atoms with Crippen molar-refractivity contribution in [3.8, 4) is 0 Å². The standard InChI is InChI=1S/C17H27N/c1-4-17(9-5-6-10-17)16(18)12-15-8-7-13(2)14(3)11-15/h7-8,11,16H,4-6,9-10,12,18H2,1-3H3. The summed E-state index contributed by atoms with van der Waals surface area (Å²) in [7, 11) is 0. The van der Waals surface area contributed by atoms with Gasteiger partial charge in [-0.1, -0.05) is 38.0 Å². The van der Waals surface area contributed by atoms with E-state index in [9.17, 15) is 0 Å². The molecule has 1 aromatic rings. The molecule has 0 aliphatic heterocycles. The van der Waals surface area contributed by atoms with Crippen LogP contribution in [0.15, 0.2) is 18.2 Å². The molecule has 0 heterocycles. The molecule has 1 nitrogen and oxygen atoms in total. The highest BCUT2D eigenvalue weighted by molar-refractivity contribution is 5.30. The van der Waals surface area contributed by atoms with Gasteiger partial charge in [0.05, 0.1) is 0 Å². The Hall–Kier alpha value is -0.820. The third kappa shape index (κ3) is 2.61. The molecule has 1 fully saturated rings. The van der Waals surface area contributed by atoms with Gasteiger partial charge in [-0.2, -0.15) is 0 Å². The fourth-order valence-corrected chi connectivity index (χ4v) is 3.47. The van der Waals surface area contributed by atoms with Gasteiger partial charge < -0.3 is 5.73 Å². The Labute approximate surface area is 112 Å². The lowest BCUT2D eigenvalue weighted by atomic mass is 9.74. The number of rotatable bonds is 4. The first-order valence-corrected chi connectivity index (χ1v) is 7.39. The van der Waals surface area contributed by atoms with Crippen molar-refractivity contribution in [3.63, 3.8) is 0 Å². The van der Waals surface area contributed by atoms with E-state index in [0.29, 0.717) is 11.5 Å². The predicted molar refractivity (Wildman–Crippen MR) is 78.8 cm³/mol. The molecule has 1 aliphatic rings. The van der Waals surface area contributed by atoms with Crippen molar-refractivity contribution in [2.75, 3.05) is 0 Å². The normalized spacial score (nSPS) is 20.0. The Morgan fingerprint density at radius 1 is 1.17 bits per heavy atom. The molecule has 18 heavy (non-hydrogen) atoms. The predicted octanol–water partition coefficient (Wildman–Crippen LogP) is 4.14. The largest absolute Gasteiger partial charge is 0.327 e. The summed E-state index contributed by atoms with van der Waals surface area (Å²) in [6.45, 7) is 6.67. The second kappa shape index (κ2) is 5.44. The fourth-order valence-electron chi connectivity index (χ4n) is 3.47. The minimum atomic E-state index is 0.326. The van der Waals surface area contributed by atoms with Gasteiger partial charge in [-0.15, -0.1) is 0 Å². The van der Waals surface area contributed by atoms with Crippen LogP contribution < -0.4 is 5.73 Å². The van der Waals surface area contributed by atoms with Gasteiger partial charge in [-0.05, 0) is 61.6 Å². The Bertz CT molecular complexity index is 402. The zero-order chi connectivity index (χ0) is 13.2. The van der Waals surface area contributed by atoms with E-state index in [-0.39, 0.29) is 0 Å². The average Bonchev–Trinajstić information content (AvgIpc) is 2.84. The third-order valence-corrected chi connectivity index (χ3v) is 5.12. The monoisotopic (exact) mass is 245 g/mol. The summed E-state index contributed by atoms with van der Waals surface area (Å²) in [5, 5.41) is 0. The van der Waals surface area contributed by atoms with Gasteiger partial charge in [0.15, 0.2) is 0 Å². The van der Waals surface area contributed by atoms with Crippen LogP contribution in [0.2, 0.25) is 0 Å². The highest BCUT2D eigenvalue weighted by atomic mass is 14.7. The molecule has 1 atom stereocenters. The van der Waals surface area contributed by atoms with E-state index in [4.69, 9.17) is 5.73 Å². The first kappa shape index (κ1) is 13.6. The van der Waals surface area contributed by atoms with Gasteiger partial charge in [0.25, 0.3) is 0 Å². The molecule has 1 aromatic carbocycles. The maximum absolute atomic E-state index is 6.54. The average molecular weight is 245 g/mol. The highest BCUT2D eigenvalue weighted by Gasteiger charge is 2.37. The van der Waals surface area contributed by atoms with Crippen LogP contribution in [0.4, 0.5) is 0 Å². The minimum absolute atomic E-state index is 0.326. The molecule has 0 aromatic heterocycles. The van der Waals surface area contributed by atoms with Gasteiger partial charge in [-0.3, -0.25) is 0 Å². The maximum atomic E-state index is 6.54. The summed E-state index contributed by atoms with van der Waals surface area (Å²) in [5.74, 6) is 0. The number of hydrogen-bond acceptors (Lipinski definition) is 1. The van der Waals surface area contributed by atoms with Crippen molar-refractivity contribution in [3.05, 3.63) is 34.9 Å². The second-order valence-electron chi connectivity index (χ2n) is 6.15. The van der Waals surface area contributed by atoms with E-state index < -0.39 is 0 Å². The summed E-state index contributed by atoms with van der Waals surface area (Å²) < 4.78 is 0. The van der Waals surface area contributed by atoms with Gasteiger partial charge >= 0.3 is 0 Å². The molecule has 0 radical (unpaired) electrons. The zero-order valence-electron chi connectivity index (χ0n) is 12.1. The van der Waals surface area contributed by atoms with Crippen LogP contribution >= 0.6 is 0 Å². The molecule has 2 rings (SSSR count). The van der Waals surface area contributed by atoms with Crippen LogP contribution in [-0.4, -0.2) is 6.04 Å². The minimum Gasteiger partial charge on any atom is -0.327 e. The summed E-state index contributed by atoms with van der Waals surface area (Å²) >= 11 is 0. The first-order valence-electron chi connectivity index (χ1n) is 7.39. The molecule has 0 saturated heterocycles. The van der Waals surface area contributed by atoms with Crippen molar-refractivity contribution < 1.29 is 0 Å². The molecular formula is C17H27N. The molecule has 0 amide bonds. The Balaban J connectivity index is 2.10. The van der Waals surface area contributed by atoms with E-state index >= 15 is 0 Å². The third-order valence-electron chi connectivity index (χ3n) is 5.12. The lowest BCUT2D eigenvalue weighted by Crippen LogP contribution is -2.41. The van der Waals surface area contributed by atoms with E-state index in [2.05, 4.69) is 39.0 Å². The molecule has 2 N–H and O–H groups in total. The smallest absolute Gasteiger partial charge is 0.0136 e. The van der Waals surface area contributed by atoms with Gasteiger partial charge in [-0.25, -0.2) is 0 Å². The van der Waals surface area contributed by atoms with E-state index in [1.165, 1.54) is 48.8 Å². The summed E-state index contributed by atoms with van der Waals surface area (Å²) in [6, 6.07) is 7.12. The Morgan fingerprint density at radius 2 is 1.83 bits per heavy atom. The summed E-state index contributed by atoms with van der Waals surface area (Å²) in [5.41, 5.74) is 11.1. The van der Waals surface area contributed by atoms with Crippen molar-refractivity contribution in [1.82, 2.24) is 0 Å². The van der Waals surface area contributed by atoms with E-state index in [0.717, 1.165) is 6.42 Å². The highest BCUT2D eigenvalue weighted by Crippen LogP contribution is 2.43. The Morgan fingerprint density at radius 3 is 2.39 bits per heavy atom. The summed E-state index contributed by atoms with van der Waals surface area (Å²) in [4.78, 5) is 0. The lowest BCUT2D eigenvalue weighted by molar-refractivity contribution is 0.219. The maximum Gasteiger partial charge on any atom is 0.0136 e. The van der Waals surface area contributed by atoms with Crippen LogP contribution in [0.25, 0.3) is 0 Å². The molecule has 1 unspecified atom stereocenters. The molecule has 1 heteroatoms. The topological polar surface area (TPSA) is 26.0 Å². The molecule has 100 valence electrons. The molecule has 1 saturated carbocycles. The number of nitrogens with two attached hydrogens (primary N) is 1. The lowest BCUT2D eigenvalue weighted by Gasteiger charge is -2.34. The number of aryl methyl sites for hydroxylation is 2. The van der Waals surface area contributed by atoms with Gasteiger partial charge in [0, 0.05) is 6.04 Å². The quantitative estimate of drug-likeness (QED) is 0.847.